The third-order valence-corrected chi connectivity index (χ3v) is 5.14. The molecule has 0 saturated carbocycles. The Morgan fingerprint density at radius 3 is 2.25 bits per heavy atom. The second-order valence-electron chi connectivity index (χ2n) is 7.48. The van der Waals surface area contributed by atoms with Gasteiger partial charge in [-0.25, -0.2) is 4.79 Å². The molecule has 2 N–H and O–H groups in total. The molecule has 162 valence electrons. The Balaban J connectivity index is 1.31. The maximum Gasteiger partial charge on any atom is 0.324 e. The zero-order chi connectivity index (χ0) is 22.5. The molecule has 1 aliphatic rings. The molecule has 4 rings (SSSR count). The van der Waals surface area contributed by atoms with Crippen molar-refractivity contribution >= 4 is 23.5 Å². The molecule has 3 aromatic carbocycles. The molecule has 3 aromatic rings. The standard InChI is InChI=1S/C25H23N3O4/c1-17(32-22-13-9-20(10-14-22)19-5-3-2-4-6-19)24(30)27-21-11-7-18(8-12-21)16-28-23(29)15-26-25(28)31/h2-14,17H,15-16H2,1H3,(H,26,31)(H,27,30). The van der Waals surface area contributed by atoms with E-state index in [2.05, 4.69) is 10.6 Å². The molecule has 0 aromatic heterocycles. The van der Waals surface area contributed by atoms with Gasteiger partial charge in [0.05, 0.1) is 13.1 Å². The number of benzene rings is 3. The van der Waals surface area contributed by atoms with Crippen LogP contribution in [0, 0.1) is 0 Å². The lowest BCUT2D eigenvalue weighted by Gasteiger charge is -2.16. The quantitative estimate of drug-likeness (QED) is 0.559. The molecule has 1 fully saturated rings. The molecule has 0 spiro atoms. The van der Waals surface area contributed by atoms with Crippen LogP contribution in [0.2, 0.25) is 0 Å². The normalized spacial score (nSPS) is 14.1. The topological polar surface area (TPSA) is 87.7 Å². The van der Waals surface area contributed by atoms with Crippen LogP contribution < -0.4 is 15.4 Å². The summed E-state index contributed by atoms with van der Waals surface area (Å²) < 4.78 is 5.77. The van der Waals surface area contributed by atoms with Crippen molar-refractivity contribution < 1.29 is 19.1 Å². The molecule has 1 aliphatic heterocycles. The number of nitrogens with one attached hydrogen (secondary N) is 2. The van der Waals surface area contributed by atoms with E-state index in [0.717, 1.165) is 21.6 Å². The third-order valence-electron chi connectivity index (χ3n) is 5.14. The number of hydrogen-bond donors (Lipinski definition) is 2. The molecule has 4 amide bonds. The van der Waals surface area contributed by atoms with Crippen LogP contribution in [-0.2, 0) is 16.1 Å². The van der Waals surface area contributed by atoms with Crippen LogP contribution >= 0.6 is 0 Å². The number of carbonyl (C=O) groups is 3. The monoisotopic (exact) mass is 429 g/mol. The molecule has 0 radical (unpaired) electrons. The minimum absolute atomic E-state index is 0.0276. The highest BCUT2D eigenvalue weighted by atomic mass is 16.5. The van der Waals surface area contributed by atoms with Gasteiger partial charge in [0, 0.05) is 5.69 Å². The molecule has 0 aliphatic carbocycles. The van der Waals surface area contributed by atoms with Gasteiger partial charge in [-0.15, -0.1) is 0 Å². The molecular formula is C25H23N3O4. The summed E-state index contributed by atoms with van der Waals surface area (Å²) in [7, 11) is 0. The molecule has 32 heavy (non-hydrogen) atoms. The minimum Gasteiger partial charge on any atom is -0.481 e. The third kappa shape index (κ3) is 4.95. The van der Waals surface area contributed by atoms with Gasteiger partial charge < -0.3 is 15.4 Å². The lowest BCUT2D eigenvalue weighted by Crippen LogP contribution is -2.30. The van der Waals surface area contributed by atoms with Gasteiger partial charge >= 0.3 is 6.03 Å². The van der Waals surface area contributed by atoms with E-state index < -0.39 is 12.1 Å². The summed E-state index contributed by atoms with van der Waals surface area (Å²) in [4.78, 5) is 37.0. The summed E-state index contributed by atoms with van der Waals surface area (Å²) in [6.45, 7) is 1.91. The largest absolute Gasteiger partial charge is 0.481 e. The number of urea groups is 1. The van der Waals surface area contributed by atoms with Crippen molar-refractivity contribution in [2.75, 3.05) is 11.9 Å². The molecule has 7 nitrogen and oxygen atoms in total. The highest BCUT2D eigenvalue weighted by molar-refractivity contribution is 6.01. The van der Waals surface area contributed by atoms with Crippen molar-refractivity contribution in [3.63, 3.8) is 0 Å². The lowest BCUT2D eigenvalue weighted by atomic mass is 10.1. The number of rotatable bonds is 7. The van der Waals surface area contributed by atoms with Gasteiger partial charge in [0.15, 0.2) is 6.10 Å². The first-order chi connectivity index (χ1) is 15.5. The van der Waals surface area contributed by atoms with Crippen molar-refractivity contribution in [3.8, 4) is 16.9 Å². The molecule has 0 bridgehead atoms. The number of carbonyl (C=O) groups excluding carboxylic acids is 3. The summed E-state index contributed by atoms with van der Waals surface area (Å²) in [6, 6.07) is 24.2. The molecular weight excluding hydrogens is 406 g/mol. The van der Waals surface area contributed by atoms with E-state index in [4.69, 9.17) is 4.74 Å². The van der Waals surface area contributed by atoms with E-state index in [-0.39, 0.29) is 24.9 Å². The Hall–Kier alpha value is -4.13. The van der Waals surface area contributed by atoms with Crippen LogP contribution in [0.1, 0.15) is 12.5 Å². The summed E-state index contributed by atoms with van der Waals surface area (Å²) in [5.74, 6) is 0.0744. The SMILES string of the molecule is CC(Oc1ccc(-c2ccccc2)cc1)C(=O)Nc1ccc(CN2C(=O)CNC2=O)cc1. The zero-order valence-corrected chi connectivity index (χ0v) is 17.6. The fraction of sp³-hybridized carbons (Fsp3) is 0.160. The van der Waals surface area contributed by atoms with Crippen LogP contribution in [0.15, 0.2) is 78.9 Å². The highest BCUT2D eigenvalue weighted by Gasteiger charge is 2.28. The highest BCUT2D eigenvalue weighted by Crippen LogP contribution is 2.23. The summed E-state index contributed by atoms with van der Waals surface area (Å²) in [5, 5.41) is 5.30. The first-order valence-electron chi connectivity index (χ1n) is 10.3. The fourth-order valence-corrected chi connectivity index (χ4v) is 3.35. The number of nitrogens with zero attached hydrogens (tertiary/aromatic N) is 1. The van der Waals surface area contributed by atoms with E-state index in [1.807, 2.05) is 54.6 Å². The Bertz CT molecular complexity index is 1100. The predicted octanol–water partition coefficient (Wildman–Crippen LogP) is 3.81. The van der Waals surface area contributed by atoms with Gasteiger partial charge in [-0.1, -0.05) is 54.6 Å². The van der Waals surface area contributed by atoms with E-state index in [0.29, 0.717) is 11.4 Å². The number of anilines is 1. The van der Waals surface area contributed by atoms with Crippen molar-refractivity contribution in [1.82, 2.24) is 10.2 Å². The molecule has 1 saturated heterocycles. The Morgan fingerprint density at radius 2 is 1.62 bits per heavy atom. The second kappa shape index (κ2) is 9.34. The number of imide groups is 1. The summed E-state index contributed by atoms with van der Waals surface area (Å²) >= 11 is 0. The zero-order valence-electron chi connectivity index (χ0n) is 17.6. The van der Waals surface area contributed by atoms with Crippen molar-refractivity contribution in [3.05, 3.63) is 84.4 Å². The lowest BCUT2D eigenvalue weighted by molar-refractivity contribution is -0.125. The van der Waals surface area contributed by atoms with Crippen LogP contribution in [0.5, 0.6) is 5.75 Å². The van der Waals surface area contributed by atoms with Gasteiger partial charge in [0.25, 0.3) is 5.91 Å². The first kappa shape index (κ1) is 21.1. The van der Waals surface area contributed by atoms with E-state index in [1.165, 1.54) is 0 Å². The Labute approximate surface area is 186 Å². The van der Waals surface area contributed by atoms with Crippen LogP contribution in [-0.4, -0.2) is 35.4 Å². The van der Waals surface area contributed by atoms with E-state index in [9.17, 15) is 14.4 Å². The van der Waals surface area contributed by atoms with Gasteiger partial charge in [-0.2, -0.15) is 0 Å². The maximum absolute atomic E-state index is 12.5. The predicted molar refractivity (Wildman–Crippen MR) is 121 cm³/mol. The van der Waals surface area contributed by atoms with Crippen molar-refractivity contribution in [1.29, 1.82) is 0 Å². The summed E-state index contributed by atoms with van der Waals surface area (Å²) in [5.41, 5.74) is 3.58. The van der Waals surface area contributed by atoms with E-state index >= 15 is 0 Å². The van der Waals surface area contributed by atoms with Crippen LogP contribution in [0.25, 0.3) is 11.1 Å². The Morgan fingerprint density at radius 1 is 0.969 bits per heavy atom. The average molecular weight is 429 g/mol. The molecule has 1 unspecified atom stereocenters. The van der Waals surface area contributed by atoms with Gasteiger partial charge in [-0.05, 0) is 47.9 Å². The summed E-state index contributed by atoms with van der Waals surface area (Å²) in [6.07, 6.45) is -0.692. The first-order valence-corrected chi connectivity index (χ1v) is 10.3. The molecule has 7 heteroatoms. The van der Waals surface area contributed by atoms with Crippen molar-refractivity contribution in [2.24, 2.45) is 0 Å². The number of ether oxygens (including phenoxy) is 1. The maximum atomic E-state index is 12.5. The number of hydrogen-bond acceptors (Lipinski definition) is 4. The Kier molecular flexibility index (Phi) is 6.17. The van der Waals surface area contributed by atoms with Gasteiger partial charge in [-0.3, -0.25) is 14.5 Å². The van der Waals surface area contributed by atoms with Gasteiger partial charge in [0.1, 0.15) is 5.75 Å². The van der Waals surface area contributed by atoms with Crippen LogP contribution in [0.3, 0.4) is 0 Å². The smallest absolute Gasteiger partial charge is 0.324 e. The molecule has 1 heterocycles. The average Bonchev–Trinajstić information content (AvgIpc) is 3.13. The number of amides is 4. The molecule has 1 atom stereocenters. The minimum atomic E-state index is -0.692. The van der Waals surface area contributed by atoms with Crippen LogP contribution in [0.4, 0.5) is 10.5 Å². The van der Waals surface area contributed by atoms with Gasteiger partial charge in [0.2, 0.25) is 5.91 Å². The fourth-order valence-electron chi connectivity index (χ4n) is 3.35. The van der Waals surface area contributed by atoms with Crippen molar-refractivity contribution in [2.45, 2.75) is 19.6 Å². The van der Waals surface area contributed by atoms with E-state index in [1.54, 1.807) is 31.2 Å². The second-order valence-corrected chi connectivity index (χ2v) is 7.48.